The van der Waals surface area contributed by atoms with Gasteiger partial charge in [0.05, 0.1) is 22.9 Å². The summed E-state index contributed by atoms with van der Waals surface area (Å²) in [6.45, 7) is 12.9. The predicted octanol–water partition coefficient (Wildman–Crippen LogP) is 7.28. The number of rotatable bonds is 7. The van der Waals surface area contributed by atoms with Gasteiger partial charge in [0.15, 0.2) is 0 Å². The van der Waals surface area contributed by atoms with Crippen LogP contribution in [0.15, 0.2) is 104 Å². The molecule has 0 fully saturated rings. The molecule has 0 unspecified atom stereocenters. The number of hydrogen-bond donors (Lipinski definition) is 0. The van der Waals surface area contributed by atoms with Crippen molar-refractivity contribution in [1.82, 2.24) is 9.88 Å². The van der Waals surface area contributed by atoms with Crippen LogP contribution in [0, 0.1) is 6.92 Å². The summed E-state index contributed by atoms with van der Waals surface area (Å²) in [5.74, 6) is 0. The Morgan fingerprint density at radius 3 is 2.65 bits per heavy atom. The van der Waals surface area contributed by atoms with Gasteiger partial charge in [-0.1, -0.05) is 49.1 Å². The van der Waals surface area contributed by atoms with Crippen molar-refractivity contribution in [1.29, 1.82) is 0 Å². The van der Waals surface area contributed by atoms with E-state index in [0.717, 1.165) is 23.6 Å². The summed E-state index contributed by atoms with van der Waals surface area (Å²) in [7, 11) is 0. The zero-order valence-corrected chi connectivity index (χ0v) is 18.9. The van der Waals surface area contributed by atoms with Crippen LogP contribution in [0.2, 0.25) is 0 Å². The number of benzene rings is 1. The molecule has 4 heteroatoms. The lowest BCUT2D eigenvalue weighted by atomic mass is 10.1. The van der Waals surface area contributed by atoms with Crippen LogP contribution < -0.4 is 4.90 Å². The number of para-hydroxylation sites is 1. The Hall–Kier alpha value is -3.37. The number of fused-ring (bicyclic) bond motifs is 1. The van der Waals surface area contributed by atoms with E-state index in [0.29, 0.717) is 0 Å². The van der Waals surface area contributed by atoms with Crippen LogP contribution in [0.5, 0.6) is 0 Å². The van der Waals surface area contributed by atoms with Crippen molar-refractivity contribution in [3.8, 4) is 0 Å². The van der Waals surface area contributed by atoms with Crippen LogP contribution in [-0.4, -0.2) is 16.6 Å². The first-order valence-corrected chi connectivity index (χ1v) is 11.2. The van der Waals surface area contributed by atoms with E-state index >= 15 is 0 Å². The van der Waals surface area contributed by atoms with Crippen molar-refractivity contribution in [2.75, 3.05) is 11.6 Å². The molecule has 0 spiro atoms. The van der Waals surface area contributed by atoms with Crippen molar-refractivity contribution in [3.63, 3.8) is 0 Å². The molecule has 31 heavy (non-hydrogen) atoms. The molecule has 0 atom stereocenters. The average Bonchev–Trinajstić information content (AvgIpc) is 3.30. The van der Waals surface area contributed by atoms with E-state index in [1.54, 1.807) is 11.3 Å². The van der Waals surface area contributed by atoms with E-state index in [-0.39, 0.29) is 0 Å². The molecule has 0 saturated carbocycles. The van der Waals surface area contributed by atoms with Crippen molar-refractivity contribution in [3.05, 3.63) is 114 Å². The van der Waals surface area contributed by atoms with Crippen molar-refractivity contribution >= 4 is 32.9 Å². The molecule has 0 aliphatic carbocycles. The molecule has 2 aromatic heterocycles. The van der Waals surface area contributed by atoms with Crippen LogP contribution in [0.4, 0.5) is 5.69 Å². The summed E-state index contributed by atoms with van der Waals surface area (Å²) in [6, 6.07) is 14.7. The quantitative estimate of drug-likeness (QED) is 0.293. The van der Waals surface area contributed by atoms with Gasteiger partial charge in [-0.25, -0.2) is 4.98 Å². The molecular formula is C27H27N3S. The molecule has 0 radical (unpaired) electrons. The minimum atomic E-state index is 0.740. The van der Waals surface area contributed by atoms with Crippen LogP contribution in [0.3, 0.4) is 0 Å². The maximum Gasteiger partial charge on any atom is 0.124 e. The Labute approximate surface area is 188 Å². The maximum absolute atomic E-state index is 4.58. The molecule has 4 rings (SSSR count). The summed E-state index contributed by atoms with van der Waals surface area (Å²) < 4.78 is 0. The monoisotopic (exact) mass is 425 g/mol. The molecule has 156 valence electrons. The Morgan fingerprint density at radius 1 is 1.13 bits per heavy atom. The highest BCUT2D eigenvalue weighted by Crippen LogP contribution is 2.40. The molecule has 1 aliphatic rings. The van der Waals surface area contributed by atoms with Gasteiger partial charge in [-0.3, -0.25) is 0 Å². The standard InChI is InChI=1S/C27H27N3S/c1-5-7-9-17-24-21(4)29(19-30(24)22-14-10-8-11-15-22)25(13-6-2)26-20(3)23-16-12-18-28-27(23)31-26/h5-6,8-18H,1-2,7,19H2,3-4H3/b17-9-,25-13+. The van der Waals surface area contributed by atoms with Gasteiger partial charge >= 0.3 is 0 Å². The molecule has 0 amide bonds. The minimum Gasteiger partial charge on any atom is -0.324 e. The smallest absolute Gasteiger partial charge is 0.124 e. The second-order valence-electron chi connectivity index (χ2n) is 7.43. The fraction of sp³-hybridized carbons (Fsp3) is 0.148. The van der Waals surface area contributed by atoms with Gasteiger partial charge in [0, 0.05) is 23.0 Å². The average molecular weight is 426 g/mol. The van der Waals surface area contributed by atoms with Gasteiger partial charge in [-0.15, -0.1) is 17.9 Å². The first-order valence-electron chi connectivity index (χ1n) is 10.4. The fourth-order valence-corrected chi connectivity index (χ4v) is 5.11. The number of aromatic nitrogens is 1. The predicted molar refractivity (Wildman–Crippen MR) is 135 cm³/mol. The molecule has 0 N–H and O–H groups in total. The lowest BCUT2D eigenvalue weighted by molar-refractivity contribution is 0.536. The number of hydrogen-bond acceptors (Lipinski definition) is 4. The SMILES string of the molecule is C=C/C=C(\c1sc2ncccc2c1C)N1CN(c2ccccc2)C(/C=C\CC=C)=C1C. The molecule has 3 aromatic rings. The molecule has 0 bridgehead atoms. The summed E-state index contributed by atoms with van der Waals surface area (Å²) in [6.07, 6.45) is 13.0. The maximum atomic E-state index is 4.58. The number of aryl methyl sites for hydroxylation is 1. The summed E-state index contributed by atoms with van der Waals surface area (Å²) in [4.78, 5) is 11.6. The molecule has 3 heterocycles. The lowest BCUT2D eigenvalue weighted by Gasteiger charge is -2.26. The van der Waals surface area contributed by atoms with Gasteiger partial charge in [-0.05, 0) is 56.2 Å². The molecule has 3 nitrogen and oxygen atoms in total. The van der Waals surface area contributed by atoms with Crippen LogP contribution >= 0.6 is 11.3 Å². The Balaban J connectivity index is 1.82. The Bertz CT molecular complexity index is 1200. The van der Waals surface area contributed by atoms with E-state index in [4.69, 9.17) is 0 Å². The summed E-state index contributed by atoms with van der Waals surface area (Å²) in [5.41, 5.74) is 5.99. The van der Waals surface area contributed by atoms with Gasteiger partial charge in [0.1, 0.15) is 4.83 Å². The van der Waals surface area contributed by atoms with Gasteiger partial charge in [0.25, 0.3) is 0 Å². The van der Waals surface area contributed by atoms with E-state index < -0.39 is 0 Å². The minimum absolute atomic E-state index is 0.740. The van der Waals surface area contributed by atoms with E-state index in [2.05, 4.69) is 96.4 Å². The third kappa shape index (κ3) is 3.99. The summed E-state index contributed by atoms with van der Waals surface area (Å²) >= 11 is 1.74. The van der Waals surface area contributed by atoms with E-state index in [1.165, 1.54) is 32.9 Å². The third-order valence-electron chi connectivity index (χ3n) is 5.51. The molecule has 0 saturated heterocycles. The van der Waals surface area contributed by atoms with Crippen molar-refractivity contribution < 1.29 is 0 Å². The Kier molecular flexibility index (Phi) is 6.19. The van der Waals surface area contributed by atoms with E-state index in [1.807, 2.05) is 24.4 Å². The first kappa shape index (κ1) is 20.9. The first-order chi connectivity index (χ1) is 15.2. The normalized spacial score (nSPS) is 14.8. The van der Waals surface area contributed by atoms with Crippen LogP contribution in [0.1, 0.15) is 23.8 Å². The molecular weight excluding hydrogens is 398 g/mol. The van der Waals surface area contributed by atoms with Crippen LogP contribution in [0.25, 0.3) is 15.9 Å². The highest BCUT2D eigenvalue weighted by Gasteiger charge is 2.30. The fourth-order valence-electron chi connectivity index (χ4n) is 3.93. The molecule has 1 aliphatic heterocycles. The highest BCUT2D eigenvalue weighted by atomic mass is 32.1. The topological polar surface area (TPSA) is 19.4 Å². The third-order valence-corrected chi connectivity index (χ3v) is 6.75. The second kappa shape index (κ2) is 9.19. The van der Waals surface area contributed by atoms with Gasteiger partial charge in [0.2, 0.25) is 0 Å². The lowest BCUT2D eigenvalue weighted by Crippen LogP contribution is -2.26. The van der Waals surface area contributed by atoms with Crippen molar-refractivity contribution in [2.24, 2.45) is 0 Å². The Morgan fingerprint density at radius 2 is 1.94 bits per heavy atom. The van der Waals surface area contributed by atoms with E-state index in [9.17, 15) is 0 Å². The number of allylic oxidation sites excluding steroid dienone is 6. The number of thiophene rings is 1. The second-order valence-corrected chi connectivity index (χ2v) is 8.43. The highest BCUT2D eigenvalue weighted by molar-refractivity contribution is 7.19. The largest absolute Gasteiger partial charge is 0.324 e. The number of nitrogens with zero attached hydrogens (tertiary/aromatic N) is 3. The zero-order chi connectivity index (χ0) is 21.8. The van der Waals surface area contributed by atoms with Crippen LogP contribution in [-0.2, 0) is 0 Å². The number of pyridine rings is 1. The molecule has 1 aromatic carbocycles. The van der Waals surface area contributed by atoms with Crippen molar-refractivity contribution in [2.45, 2.75) is 20.3 Å². The van der Waals surface area contributed by atoms with Gasteiger partial charge < -0.3 is 9.80 Å². The number of anilines is 1. The van der Waals surface area contributed by atoms with Gasteiger partial charge in [-0.2, -0.15) is 0 Å². The summed E-state index contributed by atoms with van der Waals surface area (Å²) in [5, 5.41) is 1.21. The zero-order valence-electron chi connectivity index (χ0n) is 18.1.